The van der Waals surface area contributed by atoms with Gasteiger partial charge >= 0.3 is 0 Å². The highest BCUT2D eigenvalue weighted by atomic mass is 32.1. The van der Waals surface area contributed by atoms with Crippen molar-refractivity contribution in [1.29, 1.82) is 0 Å². The molecule has 0 aliphatic heterocycles. The van der Waals surface area contributed by atoms with Gasteiger partial charge in [-0.3, -0.25) is 9.59 Å². The predicted molar refractivity (Wildman–Crippen MR) is 53.7 cm³/mol. The monoisotopic (exact) mass is 194 g/mol. The van der Waals surface area contributed by atoms with Crippen molar-refractivity contribution < 1.29 is 9.59 Å². The van der Waals surface area contributed by atoms with Crippen LogP contribution < -0.4 is 0 Å². The molecule has 68 valence electrons. The van der Waals surface area contributed by atoms with Crippen LogP contribution in [0, 0.1) is 0 Å². The fourth-order valence-corrected chi connectivity index (χ4v) is 1.31. The summed E-state index contributed by atoms with van der Waals surface area (Å²) in [6.07, 6.45) is 1.09. The molecule has 0 radical (unpaired) electrons. The predicted octanol–water partition coefficient (Wildman–Crippen LogP) is 2.38. The van der Waals surface area contributed by atoms with Gasteiger partial charge < -0.3 is 0 Å². The van der Waals surface area contributed by atoms with Crippen LogP contribution in [0.2, 0.25) is 0 Å². The quantitative estimate of drug-likeness (QED) is 0.455. The zero-order chi connectivity index (χ0) is 9.84. The normalized spacial score (nSPS) is 9.69. The van der Waals surface area contributed by atoms with E-state index in [1.807, 2.05) is 0 Å². The van der Waals surface area contributed by atoms with Crippen LogP contribution in [0.15, 0.2) is 23.1 Å². The van der Waals surface area contributed by atoms with Gasteiger partial charge in [0, 0.05) is 22.4 Å². The van der Waals surface area contributed by atoms with Crippen LogP contribution >= 0.6 is 12.6 Å². The first-order chi connectivity index (χ1) is 6.19. The first-order valence-corrected chi connectivity index (χ1v) is 4.45. The molecule has 1 aromatic carbocycles. The van der Waals surface area contributed by atoms with Gasteiger partial charge in [-0.05, 0) is 18.2 Å². The highest BCUT2D eigenvalue weighted by molar-refractivity contribution is 7.80. The second kappa shape index (κ2) is 4.23. The minimum Gasteiger partial charge on any atom is -0.298 e. The summed E-state index contributed by atoms with van der Waals surface area (Å²) < 4.78 is 0. The molecule has 1 rings (SSSR count). The molecule has 0 bridgehead atoms. The van der Waals surface area contributed by atoms with Crippen LogP contribution in [-0.4, -0.2) is 12.1 Å². The van der Waals surface area contributed by atoms with E-state index in [0.717, 1.165) is 0 Å². The van der Waals surface area contributed by atoms with Crippen molar-refractivity contribution in [2.45, 2.75) is 18.2 Å². The van der Waals surface area contributed by atoms with Crippen molar-refractivity contribution in [3.8, 4) is 0 Å². The van der Waals surface area contributed by atoms with E-state index in [4.69, 9.17) is 0 Å². The lowest BCUT2D eigenvalue weighted by Crippen LogP contribution is -2.01. The van der Waals surface area contributed by atoms with E-state index in [2.05, 4.69) is 12.6 Å². The molecule has 0 saturated carbocycles. The molecule has 0 fully saturated rings. The molecule has 0 spiro atoms. The third kappa shape index (κ3) is 2.18. The number of hydrogen-bond donors (Lipinski definition) is 1. The number of carbonyl (C=O) groups is 2. The van der Waals surface area contributed by atoms with E-state index in [-0.39, 0.29) is 5.78 Å². The molecule has 0 amide bonds. The second-order valence-corrected chi connectivity index (χ2v) is 3.18. The molecule has 0 unspecified atom stereocenters. The van der Waals surface area contributed by atoms with Crippen LogP contribution in [0.3, 0.4) is 0 Å². The molecule has 0 aliphatic carbocycles. The van der Waals surface area contributed by atoms with Crippen LogP contribution in [0.5, 0.6) is 0 Å². The Hall–Kier alpha value is -1.09. The second-order valence-electron chi connectivity index (χ2n) is 2.67. The Kier molecular flexibility index (Phi) is 3.25. The van der Waals surface area contributed by atoms with E-state index >= 15 is 0 Å². The Bertz CT molecular complexity index is 345. The Morgan fingerprint density at radius 3 is 2.77 bits per heavy atom. The average molecular weight is 194 g/mol. The summed E-state index contributed by atoms with van der Waals surface area (Å²) in [6, 6.07) is 4.94. The van der Waals surface area contributed by atoms with Crippen molar-refractivity contribution in [3.05, 3.63) is 29.3 Å². The van der Waals surface area contributed by atoms with Crippen LogP contribution in [0.1, 0.15) is 34.1 Å². The van der Waals surface area contributed by atoms with Crippen molar-refractivity contribution in [1.82, 2.24) is 0 Å². The molecule has 0 aliphatic rings. The summed E-state index contributed by atoms with van der Waals surface area (Å²) in [4.78, 5) is 22.6. The number of rotatable bonds is 3. The lowest BCUT2D eigenvalue weighted by atomic mass is 10.0. The van der Waals surface area contributed by atoms with Crippen molar-refractivity contribution in [3.63, 3.8) is 0 Å². The molecule has 3 heteroatoms. The number of ketones is 1. The molecular formula is C10H10O2S. The summed E-state index contributed by atoms with van der Waals surface area (Å²) >= 11 is 4.08. The van der Waals surface area contributed by atoms with Gasteiger partial charge in [0.25, 0.3) is 0 Å². The largest absolute Gasteiger partial charge is 0.298 e. The van der Waals surface area contributed by atoms with Gasteiger partial charge in [0.05, 0.1) is 0 Å². The standard InChI is InChI=1S/C10H10O2S/c1-2-10(12)9-4-3-8(13)5-7(9)6-11/h3-6,13H,2H2,1H3. The maximum absolute atomic E-state index is 11.3. The van der Waals surface area contributed by atoms with Gasteiger partial charge in [-0.1, -0.05) is 6.92 Å². The zero-order valence-electron chi connectivity index (χ0n) is 7.28. The highest BCUT2D eigenvalue weighted by Crippen LogP contribution is 2.14. The highest BCUT2D eigenvalue weighted by Gasteiger charge is 2.08. The molecule has 1 aromatic rings. The first-order valence-electron chi connectivity index (χ1n) is 4.00. The lowest BCUT2D eigenvalue weighted by Gasteiger charge is -2.02. The summed E-state index contributed by atoms with van der Waals surface area (Å²) in [6.45, 7) is 1.77. The van der Waals surface area contributed by atoms with Crippen molar-refractivity contribution in [2.75, 3.05) is 0 Å². The third-order valence-electron chi connectivity index (χ3n) is 1.78. The number of carbonyl (C=O) groups excluding carboxylic acids is 2. The molecule has 0 N–H and O–H groups in total. The molecular weight excluding hydrogens is 184 g/mol. The minimum atomic E-state index is -0.0181. The number of thiol groups is 1. The van der Waals surface area contributed by atoms with Gasteiger partial charge in [0.1, 0.15) is 0 Å². The van der Waals surface area contributed by atoms with Crippen molar-refractivity contribution in [2.24, 2.45) is 0 Å². The summed E-state index contributed by atoms with van der Waals surface area (Å²) in [5.74, 6) is -0.0181. The van der Waals surface area contributed by atoms with Crippen molar-refractivity contribution >= 4 is 24.7 Å². The third-order valence-corrected chi connectivity index (χ3v) is 2.06. The maximum Gasteiger partial charge on any atom is 0.163 e. The fraction of sp³-hybridized carbons (Fsp3) is 0.200. The van der Waals surface area contributed by atoms with Gasteiger partial charge in [0.15, 0.2) is 12.1 Å². The first kappa shape index (κ1) is 9.99. The van der Waals surface area contributed by atoms with Crippen LogP contribution in [0.4, 0.5) is 0 Å². The zero-order valence-corrected chi connectivity index (χ0v) is 8.17. The summed E-state index contributed by atoms with van der Waals surface area (Å²) in [5, 5.41) is 0. The number of hydrogen-bond acceptors (Lipinski definition) is 3. The molecule has 13 heavy (non-hydrogen) atoms. The van der Waals surface area contributed by atoms with E-state index < -0.39 is 0 Å². The Morgan fingerprint density at radius 2 is 2.23 bits per heavy atom. The maximum atomic E-state index is 11.3. The summed E-state index contributed by atoms with van der Waals surface area (Å²) in [7, 11) is 0. The molecule has 0 heterocycles. The number of aldehydes is 1. The Labute approximate surface area is 82.4 Å². The van der Waals surface area contributed by atoms with E-state index in [9.17, 15) is 9.59 Å². The smallest absolute Gasteiger partial charge is 0.163 e. The number of Topliss-reactive ketones (excluding diaryl/α,β-unsaturated/α-hetero) is 1. The van der Waals surface area contributed by atoms with E-state index in [1.54, 1.807) is 25.1 Å². The fourth-order valence-electron chi connectivity index (χ4n) is 1.09. The SMILES string of the molecule is CCC(=O)c1ccc(S)cc1C=O. The van der Waals surface area contributed by atoms with Gasteiger partial charge in [-0.15, -0.1) is 12.6 Å². The summed E-state index contributed by atoms with van der Waals surface area (Å²) in [5.41, 5.74) is 0.898. The minimum absolute atomic E-state index is 0.0181. The molecule has 0 saturated heterocycles. The Balaban J connectivity index is 3.20. The molecule has 0 aromatic heterocycles. The Morgan fingerprint density at radius 1 is 1.54 bits per heavy atom. The average Bonchev–Trinajstić information content (AvgIpc) is 2.16. The van der Waals surface area contributed by atoms with Gasteiger partial charge in [0.2, 0.25) is 0 Å². The van der Waals surface area contributed by atoms with Crippen LogP contribution in [0.25, 0.3) is 0 Å². The van der Waals surface area contributed by atoms with E-state index in [0.29, 0.717) is 28.7 Å². The van der Waals surface area contributed by atoms with Crippen LogP contribution in [-0.2, 0) is 0 Å². The molecule has 0 atom stereocenters. The topological polar surface area (TPSA) is 34.1 Å². The lowest BCUT2D eigenvalue weighted by molar-refractivity contribution is 0.0981. The van der Waals surface area contributed by atoms with E-state index in [1.165, 1.54) is 0 Å². The number of benzene rings is 1. The van der Waals surface area contributed by atoms with Gasteiger partial charge in [-0.2, -0.15) is 0 Å². The molecule has 2 nitrogen and oxygen atoms in total. The van der Waals surface area contributed by atoms with Gasteiger partial charge in [-0.25, -0.2) is 0 Å².